The van der Waals surface area contributed by atoms with Crippen molar-refractivity contribution in [1.29, 1.82) is 0 Å². The van der Waals surface area contributed by atoms with Crippen LogP contribution in [0.4, 0.5) is 0 Å². The normalized spacial score (nSPS) is 19.6. The van der Waals surface area contributed by atoms with Gasteiger partial charge in [0, 0.05) is 31.6 Å². The van der Waals surface area contributed by atoms with Crippen LogP contribution in [0.5, 0.6) is 0 Å². The molecule has 2 fully saturated rings. The molecule has 1 aliphatic heterocycles. The van der Waals surface area contributed by atoms with Crippen molar-refractivity contribution in [2.75, 3.05) is 52.5 Å². The minimum Gasteiger partial charge on any atom is -0.379 e. The Bertz CT molecular complexity index is 584. The minimum absolute atomic E-state index is 0. The maximum atomic E-state index is 5.42. The van der Waals surface area contributed by atoms with Gasteiger partial charge in [-0.2, -0.15) is 0 Å². The van der Waals surface area contributed by atoms with E-state index in [4.69, 9.17) is 9.73 Å². The SMILES string of the molecule is CCNC(=NCC1(c2ccccc2)CCCC1)NCCCCN1CCOCC1.I. The van der Waals surface area contributed by atoms with Crippen LogP contribution in [0.3, 0.4) is 0 Å². The van der Waals surface area contributed by atoms with Crippen LogP contribution in [0.15, 0.2) is 35.3 Å². The smallest absolute Gasteiger partial charge is 0.191 e. The van der Waals surface area contributed by atoms with E-state index in [-0.39, 0.29) is 29.4 Å². The van der Waals surface area contributed by atoms with Gasteiger partial charge in [0.2, 0.25) is 0 Å². The zero-order valence-electron chi connectivity index (χ0n) is 18.0. The summed E-state index contributed by atoms with van der Waals surface area (Å²) < 4.78 is 5.42. The largest absolute Gasteiger partial charge is 0.379 e. The second kappa shape index (κ2) is 13.4. The van der Waals surface area contributed by atoms with Crippen LogP contribution in [0.25, 0.3) is 0 Å². The number of aliphatic imine (C=N–C) groups is 1. The topological polar surface area (TPSA) is 48.9 Å². The van der Waals surface area contributed by atoms with Crippen LogP contribution >= 0.6 is 24.0 Å². The summed E-state index contributed by atoms with van der Waals surface area (Å²) in [5, 5.41) is 6.97. The lowest BCUT2D eigenvalue weighted by atomic mass is 9.79. The highest BCUT2D eigenvalue weighted by atomic mass is 127. The first kappa shape index (κ1) is 24.4. The Hall–Kier alpha value is -0.860. The summed E-state index contributed by atoms with van der Waals surface area (Å²) in [4.78, 5) is 7.51. The van der Waals surface area contributed by atoms with E-state index in [9.17, 15) is 0 Å². The molecule has 1 aromatic rings. The average molecular weight is 514 g/mol. The van der Waals surface area contributed by atoms with E-state index in [0.29, 0.717) is 0 Å². The summed E-state index contributed by atoms with van der Waals surface area (Å²) in [5.74, 6) is 0.969. The van der Waals surface area contributed by atoms with Crippen LogP contribution < -0.4 is 10.6 Å². The van der Waals surface area contributed by atoms with E-state index in [1.807, 2.05) is 0 Å². The fourth-order valence-electron chi connectivity index (χ4n) is 4.45. The molecule has 0 bridgehead atoms. The molecule has 0 aromatic heterocycles. The van der Waals surface area contributed by atoms with Crippen molar-refractivity contribution in [2.24, 2.45) is 4.99 Å². The first-order valence-corrected chi connectivity index (χ1v) is 11.2. The molecule has 1 heterocycles. The van der Waals surface area contributed by atoms with Crippen molar-refractivity contribution in [3.8, 4) is 0 Å². The van der Waals surface area contributed by atoms with E-state index in [2.05, 4.69) is 52.8 Å². The van der Waals surface area contributed by atoms with E-state index >= 15 is 0 Å². The van der Waals surface area contributed by atoms with Gasteiger partial charge in [-0.25, -0.2) is 0 Å². The van der Waals surface area contributed by atoms with Crippen LogP contribution in [0.2, 0.25) is 0 Å². The third kappa shape index (κ3) is 7.72. The van der Waals surface area contributed by atoms with Gasteiger partial charge in [0.25, 0.3) is 0 Å². The first-order valence-electron chi connectivity index (χ1n) is 11.2. The van der Waals surface area contributed by atoms with Crippen molar-refractivity contribution in [2.45, 2.75) is 50.9 Å². The van der Waals surface area contributed by atoms with Crippen molar-refractivity contribution in [1.82, 2.24) is 15.5 Å². The average Bonchev–Trinajstić information content (AvgIpc) is 3.23. The number of benzene rings is 1. The number of rotatable bonds is 9. The Morgan fingerprint density at radius 2 is 1.79 bits per heavy atom. The summed E-state index contributed by atoms with van der Waals surface area (Å²) in [6, 6.07) is 11.0. The molecule has 3 rings (SSSR count). The number of nitrogens with one attached hydrogen (secondary N) is 2. The van der Waals surface area contributed by atoms with Gasteiger partial charge in [0.1, 0.15) is 0 Å². The zero-order valence-corrected chi connectivity index (χ0v) is 20.3. The molecule has 1 aliphatic carbocycles. The van der Waals surface area contributed by atoms with E-state index in [0.717, 1.165) is 51.9 Å². The van der Waals surface area contributed by atoms with Gasteiger partial charge < -0.3 is 15.4 Å². The summed E-state index contributed by atoms with van der Waals surface area (Å²) in [6.07, 6.45) is 7.52. The molecule has 5 nitrogen and oxygen atoms in total. The number of hydrogen-bond donors (Lipinski definition) is 2. The molecule has 2 N–H and O–H groups in total. The minimum atomic E-state index is 0. The quantitative estimate of drug-likeness (QED) is 0.228. The number of guanidine groups is 1. The second-order valence-corrected chi connectivity index (χ2v) is 8.14. The number of unbranched alkanes of at least 4 members (excludes halogenated alkanes) is 1. The fourth-order valence-corrected chi connectivity index (χ4v) is 4.45. The standard InChI is InChI=1S/C23H38N4O.HI/c1-2-24-22(25-14-8-9-15-27-16-18-28-19-17-27)26-20-23(12-6-7-13-23)21-10-4-3-5-11-21;/h3-5,10-11H,2,6-9,12-20H2,1H3,(H2,24,25,26);1H. The molecule has 2 aliphatic rings. The van der Waals surface area contributed by atoms with E-state index in [1.165, 1.54) is 50.6 Å². The van der Waals surface area contributed by atoms with Gasteiger partial charge in [-0.1, -0.05) is 43.2 Å². The summed E-state index contributed by atoms with van der Waals surface area (Å²) >= 11 is 0. The van der Waals surface area contributed by atoms with E-state index in [1.54, 1.807) is 0 Å². The molecule has 1 saturated carbocycles. The molecule has 0 spiro atoms. The van der Waals surface area contributed by atoms with Gasteiger partial charge in [0.15, 0.2) is 5.96 Å². The van der Waals surface area contributed by atoms with E-state index < -0.39 is 0 Å². The van der Waals surface area contributed by atoms with Gasteiger partial charge in [-0.3, -0.25) is 9.89 Å². The molecule has 1 saturated heterocycles. The van der Waals surface area contributed by atoms with Crippen LogP contribution in [0, 0.1) is 0 Å². The molecule has 29 heavy (non-hydrogen) atoms. The molecule has 6 heteroatoms. The molecule has 0 radical (unpaired) electrons. The molecule has 164 valence electrons. The fraction of sp³-hybridized carbons (Fsp3) is 0.696. The molecule has 0 atom stereocenters. The van der Waals surface area contributed by atoms with Crippen LogP contribution in [-0.4, -0.2) is 63.3 Å². The highest BCUT2D eigenvalue weighted by Gasteiger charge is 2.35. The maximum Gasteiger partial charge on any atom is 0.191 e. The molecule has 1 aromatic carbocycles. The van der Waals surface area contributed by atoms with Crippen LogP contribution in [-0.2, 0) is 10.2 Å². The lowest BCUT2D eigenvalue weighted by molar-refractivity contribution is 0.0372. The second-order valence-electron chi connectivity index (χ2n) is 8.14. The zero-order chi connectivity index (χ0) is 19.5. The third-order valence-electron chi connectivity index (χ3n) is 6.13. The summed E-state index contributed by atoms with van der Waals surface area (Å²) in [5.41, 5.74) is 1.68. The van der Waals surface area contributed by atoms with Gasteiger partial charge >= 0.3 is 0 Å². The predicted octanol–water partition coefficient (Wildman–Crippen LogP) is 3.78. The predicted molar refractivity (Wildman–Crippen MR) is 132 cm³/mol. The monoisotopic (exact) mass is 514 g/mol. The third-order valence-corrected chi connectivity index (χ3v) is 6.13. The highest BCUT2D eigenvalue weighted by Crippen LogP contribution is 2.41. The number of ether oxygens (including phenoxy) is 1. The summed E-state index contributed by atoms with van der Waals surface area (Å²) in [6.45, 7) is 10.0. The van der Waals surface area contributed by atoms with Gasteiger partial charge in [-0.15, -0.1) is 24.0 Å². The van der Waals surface area contributed by atoms with Crippen LogP contribution in [0.1, 0.15) is 51.0 Å². The number of halogens is 1. The Kier molecular flexibility index (Phi) is 11.3. The van der Waals surface area contributed by atoms with Crippen molar-refractivity contribution in [3.63, 3.8) is 0 Å². The lowest BCUT2D eigenvalue weighted by Crippen LogP contribution is -2.40. The van der Waals surface area contributed by atoms with Gasteiger partial charge in [-0.05, 0) is 44.7 Å². The number of hydrogen-bond acceptors (Lipinski definition) is 3. The summed E-state index contributed by atoms with van der Waals surface area (Å²) in [7, 11) is 0. The highest BCUT2D eigenvalue weighted by molar-refractivity contribution is 14.0. The van der Waals surface area contributed by atoms with Crippen molar-refractivity contribution >= 4 is 29.9 Å². The Morgan fingerprint density at radius 1 is 1.07 bits per heavy atom. The molecule has 0 amide bonds. The number of nitrogens with zero attached hydrogens (tertiary/aromatic N) is 2. The Morgan fingerprint density at radius 3 is 2.48 bits per heavy atom. The Balaban J connectivity index is 0.00000300. The van der Waals surface area contributed by atoms with Crippen molar-refractivity contribution in [3.05, 3.63) is 35.9 Å². The lowest BCUT2D eigenvalue weighted by Gasteiger charge is -2.28. The molecular formula is C23H39IN4O. The molecule has 0 unspecified atom stereocenters. The first-order chi connectivity index (χ1) is 13.8. The Labute approximate surface area is 194 Å². The molecular weight excluding hydrogens is 475 g/mol. The van der Waals surface area contributed by atoms with Crippen molar-refractivity contribution < 1.29 is 4.74 Å². The maximum absolute atomic E-state index is 5.42. The van der Waals surface area contributed by atoms with Gasteiger partial charge in [0.05, 0.1) is 19.8 Å². The number of morpholine rings is 1.